The van der Waals surface area contributed by atoms with Gasteiger partial charge in [0.1, 0.15) is 0 Å². The average Bonchev–Trinajstić information content (AvgIpc) is 2.98. The first-order chi connectivity index (χ1) is 6.73. The zero-order valence-electron chi connectivity index (χ0n) is 9.17. The minimum absolute atomic E-state index is 0.498. The molecule has 0 bridgehead atoms. The molecule has 82 valence electrons. The molecule has 2 atom stereocenters. The third-order valence-electron chi connectivity index (χ3n) is 3.72. The van der Waals surface area contributed by atoms with Crippen molar-refractivity contribution in [1.29, 1.82) is 0 Å². The summed E-state index contributed by atoms with van der Waals surface area (Å²) in [5.74, 6) is 1.72. The van der Waals surface area contributed by atoms with Gasteiger partial charge in [0.2, 0.25) is 0 Å². The quantitative estimate of drug-likeness (QED) is 0.751. The van der Waals surface area contributed by atoms with E-state index in [1.54, 1.807) is 0 Å². The third-order valence-corrected chi connectivity index (χ3v) is 3.72. The number of hydrogen-bond donors (Lipinski definition) is 1. The number of ether oxygens (including phenoxy) is 1. The molecule has 14 heavy (non-hydrogen) atoms. The predicted molar refractivity (Wildman–Crippen MR) is 56.1 cm³/mol. The fraction of sp³-hybridized carbons (Fsp3) is 1.00. The second kappa shape index (κ2) is 4.19. The summed E-state index contributed by atoms with van der Waals surface area (Å²) >= 11 is 0. The third kappa shape index (κ3) is 2.48. The summed E-state index contributed by atoms with van der Waals surface area (Å²) in [5, 5.41) is 10.3. The molecule has 2 nitrogen and oxygen atoms in total. The van der Waals surface area contributed by atoms with E-state index < -0.39 is 5.60 Å². The molecule has 0 aliphatic heterocycles. The van der Waals surface area contributed by atoms with Gasteiger partial charge < -0.3 is 9.84 Å². The van der Waals surface area contributed by atoms with Crippen LogP contribution < -0.4 is 0 Å². The first kappa shape index (κ1) is 10.4. The Labute approximate surface area is 86.6 Å². The Morgan fingerprint density at radius 1 is 1.29 bits per heavy atom. The number of rotatable bonds is 4. The lowest BCUT2D eigenvalue weighted by molar-refractivity contribution is -0.0806. The Morgan fingerprint density at radius 2 is 2.07 bits per heavy atom. The van der Waals surface area contributed by atoms with Crippen molar-refractivity contribution in [3.05, 3.63) is 0 Å². The standard InChI is InChI=1S/C12H22O2/c1-2-14-9-12(13)7-3-4-11(8-12)10-5-6-10/h10-11,13H,2-9H2,1H3. The van der Waals surface area contributed by atoms with Gasteiger partial charge in [0.15, 0.2) is 0 Å². The van der Waals surface area contributed by atoms with Crippen LogP contribution in [0.25, 0.3) is 0 Å². The van der Waals surface area contributed by atoms with Crippen molar-refractivity contribution in [2.45, 2.75) is 51.0 Å². The molecule has 2 aliphatic carbocycles. The van der Waals surface area contributed by atoms with Crippen molar-refractivity contribution < 1.29 is 9.84 Å². The molecule has 2 unspecified atom stereocenters. The van der Waals surface area contributed by atoms with E-state index in [4.69, 9.17) is 4.74 Å². The topological polar surface area (TPSA) is 29.5 Å². The van der Waals surface area contributed by atoms with E-state index in [1.165, 1.54) is 25.7 Å². The molecule has 0 saturated heterocycles. The van der Waals surface area contributed by atoms with Crippen LogP contribution >= 0.6 is 0 Å². The molecule has 0 aromatic rings. The van der Waals surface area contributed by atoms with E-state index in [9.17, 15) is 5.11 Å². The summed E-state index contributed by atoms with van der Waals surface area (Å²) in [6, 6.07) is 0. The summed E-state index contributed by atoms with van der Waals surface area (Å²) < 4.78 is 5.37. The van der Waals surface area contributed by atoms with Crippen LogP contribution in [0.15, 0.2) is 0 Å². The van der Waals surface area contributed by atoms with Gasteiger partial charge in [-0.25, -0.2) is 0 Å². The summed E-state index contributed by atoms with van der Waals surface area (Å²) in [6.07, 6.45) is 7.24. The molecule has 0 radical (unpaired) electrons. The zero-order chi connectivity index (χ0) is 10.0. The van der Waals surface area contributed by atoms with E-state index in [2.05, 4.69) is 0 Å². The minimum Gasteiger partial charge on any atom is -0.387 e. The minimum atomic E-state index is -0.498. The monoisotopic (exact) mass is 198 g/mol. The van der Waals surface area contributed by atoms with Crippen molar-refractivity contribution in [3.63, 3.8) is 0 Å². The van der Waals surface area contributed by atoms with E-state index in [0.717, 1.165) is 31.3 Å². The first-order valence-electron chi connectivity index (χ1n) is 6.04. The Hall–Kier alpha value is -0.0800. The second-order valence-corrected chi connectivity index (χ2v) is 5.06. The zero-order valence-corrected chi connectivity index (χ0v) is 9.17. The van der Waals surface area contributed by atoms with Gasteiger partial charge in [-0.3, -0.25) is 0 Å². The van der Waals surface area contributed by atoms with E-state index >= 15 is 0 Å². The normalized spacial score (nSPS) is 38.6. The Bertz CT molecular complexity index is 189. The van der Waals surface area contributed by atoms with E-state index in [-0.39, 0.29) is 0 Å². The molecule has 0 spiro atoms. The molecule has 2 rings (SSSR count). The van der Waals surface area contributed by atoms with Crippen LogP contribution in [0.2, 0.25) is 0 Å². The molecule has 0 aromatic carbocycles. The van der Waals surface area contributed by atoms with Gasteiger partial charge in [-0.05, 0) is 50.9 Å². The van der Waals surface area contributed by atoms with Crippen LogP contribution in [0.5, 0.6) is 0 Å². The molecule has 2 heteroatoms. The predicted octanol–water partition coefficient (Wildman–Crippen LogP) is 2.35. The van der Waals surface area contributed by atoms with Gasteiger partial charge in [0, 0.05) is 6.61 Å². The van der Waals surface area contributed by atoms with Crippen molar-refractivity contribution >= 4 is 0 Å². The lowest BCUT2D eigenvalue weighted by Crippen LogP contribution is -2.40. The van der Waals surface area contributed by atoms with Crippen LogP contribution in [-0.4, -0.2) is 23.9 Å². The molecule has 2 fully saturated rings. The van der Waals surface area contributed by atoms with Crippen LogP contribution in [0, 0.1) is 11.8 Å². The van der Waals surface area contributed by atoms with Crippen molar-refractivity contribution in [3.8, 4) is 0 Å². The molecular weight excluding hydrogens is 176 g/mol. The molecule has 2 saturated carbocycles. The highest BCUT2D eigenvalue weighted by atomic mass is 16.5. The van der Waals surface area contributed by atoms with Gasteiger partial charge in [-0.2, -0.15) is 0 Å². The SMILES string of the molecule is CCOCC1(O)CCCC(C2CC2)C1. The lowest BCUT2D eigenvalue weighted by atomic mass is 9.76. The Balaban J connectivity index is 1.84. The lowest BCUT2D eigenvalue weighted by Gasteiger charge is -2.36. The first-order valence-corrected chi connectivity index (χ1v) is 6.04. The molecule has 0 heterocycles. The van der Waals surface area contributed by atoms with Gasteiger partial charge in [0.25, 0.3) is 0 Å². The van der Waals surface area contributed by atoms with Gasteiger partial charge in [0.05, 0.1) is 12.2 Å². The number of aliphatic hydroxyl groups is 1. The van der Waals surface area contributed by atoms with Crippen molar-refractivity contribution in [1.82, 2.24) is 0 Å². The van der Waals surface area contributed by atoms with Gasteiger partial charge in [-0.15, -0.1) is 0 Å². The van der Waals surface area contributed by atoms with Gasteiger partial charge >= 0.3 is 0 Å². The largest absolute Gasteiger partial charge is 0.387 e. The molecule has 0 amide bonds. The fourth-order valence-corrected chi connectivity index (χ4v) is 2.78. The maximum atomic E-state index is 10.3. The molecular formula is C12H22O2. The number of hydrogen-bond acceptors (Lipinski definition) is 2. The summed E-state index contributed by atoms with van der Waals surface area (Å²) in [5.41, 5.74) is -0.498. The molecule has 2 aliphatic rings. The molecule has 0 aromatic heterocycles. The maximum Gasteiger partial charge on any atom is 0.0882 e. The molecule has 1 N–H and O–H groups in total. The van der Waals surface area contributed by atoms with E-state index in [1.807, 2.05) is 6.92 Å². The Kier molecular flexibility index (Phi) is 3.13. The van der Waals surface area contributed by atoms with Crippen LogP contribution in [0.3, 0.4) is 0 Å². The summed E-state index contributed by atoms with van der Waals surface area (Å²) in [4.78, 5) is 0. The average molecular weight is 198 g/mol. The second-order valence-electron chi connectivity index (χ2n) is 5.06. The summed E-state index contributed by atoms with van der Waals surface area (Å²) in [6.45, 7) is 3.26. The maximum absolute atomic E-state index is 10.3. The van der Waals surface area contributed by atoms with Crippen LogP contribution in [0.1, 0.15) is 45.4 Å². The highest BCUT2D eigenvalue weighted by Gasteiger charge is 2.40. The van der Waals surface area contributed by atoms with Gasteiger partial charge in [-0.1, -0.05) is 6.42 Å². The highest BCUT2D eigenvalue weighted by molar-refractivity contribution is 4.92. The van der Waals surface area contributed by atoms with Crippen molar-refractivity contribution in [2.75, 3.05) is 13.2 Å². The van der Waals surface area contributed by atoms with Crippen molar-refractivity contribution in [2.24, 2.45) is 11.8 Å². The van der Waals surface area contributed by atoms with Crippen LogP contribution in [-0.2, 0) is 4.74 Å². The van der Waals surface area contributed by atoms with E-state index in [0.29, 0.717) is 6.61 Å². The highest BCUT2D eigenvalue weighted by Crippen LogP contribution is 2.46. The fourth-order valence-electron chi connectivity index (χ4n) is 2.78. The van der Waals surface area contributed by atoms with Crippen LogP contribution in [0.4, 0.5) is 0 Å². The smallest absolute Gasteiger partial charge is 0.0882 e. The summed E-state index contributed by atoms with van der Waals surface area (Å²) in [7, 11) is 0. The Morgan fingerprint density at radius 3 is 2.71 bits per heavy atom.